The number of hydrogen-bond donors (Lipinski definition) is 0. The van der Waals surface area contributed by atoms with Crippen molar-refractivity contribution in [1.82, 2.24) is 0 Å². The predicted octanol–water partition coefficient (Wildman–Crippen LogP) is 13.7. The lowest BCUT2D eigenvalue weighted by atomic mass is 9.82. The van der Waals surface area contributed by atoms with Crippen molar-refractivity contribution in [2.75, 3.05) is 0 Å². The minimum absolute atomic E-state index is 1.24. The second-order valence-corrected chi connectivity index (χ2v) is 13.4. The zero-order valence-electron chi connectivity index (χ0n) is 25.6. The molecule has 9 aromatic carbocycles. The maximum Gasteiger partial charge on any atom is 0.0434 e. The fourth-order valence-corrected chi connectivity index (χ4v) is 9.07. The number of hydrogen-bond acceptors (Lipinski definition) is 1. The lowest BCUT2D eigenvalue weighted by Gasteiger charge is -2.20. The van der Waals surface area contributed by atoms with Crippen molar-refractivity contribution in [2.24, 2.45) is 0 Å². The summed E-state index contributed by atoms with van der Waals surface area (Å²) >= 11 is 1.90. The van der Waals surface area contributed by atoms with Crippen molar-refractivity contribution >= 4 is 74.6 Å². The third-order valence-electron chi connectivity index (χ3n) is 9.86. The van der Waals surface area contributed by atoms with Crippen molar-refractivity contribution in [1.29, 1.82) is 0 Å². The van der Waals surface area contributed by atoms with E-state index in [0.29, 0.717) is 0 Å². The Balaban J connectivity index is 1.35. The molecular formula is C46H28S. The van der Waals surface area contributed by atoms with Crippen LogP contribution < -0.4 is 0 Å². The second kappa shape index (κ2) is 10.4. The molecule has 0 bridgehead atoms. The molecule has 0 radical (unpaired) electrons. The molecule has 0 aliphatic rings. The van der Waals surface area contributed by atoms with Gasteiger partial charge in [-0.15, -0.1) is 11.3 Å². The molecule has 0 saturated heterocycles. The van der Waals surface area contributed by atoms with Gasteiger partial charge in [-0.05, 0) is 83.2 Å². The number of thiophene rings is 1. The van der Waals surface area contributed by atoms with Gasteiger partial charge in [-0.1, -0.05) is 158 Å². The normalized spacial score (nSPS) is 11.8. The van der Waals surface area contributed by atoms with Crippen LogP contribution in [-0.2, 0) is 0 Å². The Hall–Kier alpha value is -5.76. The van der Waals surface area contributed by atoms with E-state index < -0.39 is 0 Å². The molecule has 0 aliphatic carbocycles. The van der Waals surface area contributed by atoms with Gasteiger partial charge in [0.25, 0.3) is 0 Å². The summed E-state index contributed by atoms with van der Waals surface area (Å²) in [5.74, 6) is 0. The molecule has 218 valence electrons. The van der Waals surface area contributed by atoms with Gasteiger partial charge in [0.2, 0.25) is 0 Å². The van der Waals surface area contributed by atoms with E-state index in [9.17, 15) is 0 Å². The van der Waals surface area contributed by atoms with Crippen LogP contribution in [0.4, 0.5) is 0 Å². The number of rotatable bonds is 3. The molecule has 1 heterocycles. The van der Waals surface area contributed by atoms with Gasteiger partial charge in [0, 0.05) is 25.6 Å². The van der Waals surface area contributed by atoms with Crippen LogP contribution >= 0.6 is 11.3 Å². The minimum atomic E-state index is 1.24. The van der Waals surface area contributed by atoms with Crippen LogP contribution in [-0.4, -0.2) is 0 Å². The molecule has 0 aliphatic heterocycles. The molecule has 1 heteroatoms. The van der Waals surface area contributed by atoms with Crippen molar-refractivity contribution in [2.45, 2.75) is 0 Å². The van der Waals surface area contributed by atoms with E-state index in [-0.39, 0.29) is 0 Å². The van der Waals surface area contributed by atoms with Crippen LogP contribution in [0, 0.1) is 0 Å². The van der Waals surface area contributed by atoms with Gasteiger partial charge < -0.3 is 0 Å². The molecule has 0 atom stereocenters. The Labute approximate surface area is 276 Å². The fourth-order valence-electron chi connectivity index (χ4n) is 7.85. The first-order valence-corrected chi connectivity index (χ1v) is 17.0. The van der Waals surface area contributed by atoms with Gasteiger partial charge >= 0.3 is 0 Å². The van der Waals surface area contributed by atoms with E-state index in [0.717, 1.165) is 0 Å². The Morgan fingerprint density at radius 3 is 1.32 bits per heavy atom. The van der Waals surface area contributed by atoms with Crippen LogP contribution in [0.2, 0.25) is 0 Å². The first kappa shape index (κ1) is 26.5. The summed E-state index contributed by atoms with van der Waals surface area (Å²) in [7, 11) is 0. The summed E-state index contributed by atoms with van der Waals surface area (Å²) in [5.41, 5.74) is 7.66. The molecule has 10 aromatic rings. The summed E-state index contributed by atoms with van der Waals surface area (Å²) in [4.78, 5) is 0. The molecule has 0 amide bonds. The van der Waals surface area contributed by atoms with E-state index in [1.54, 1.807) is 0 Å². The van der Waals surface area contributed by atoms with Crippen LogP contribution in [0.25, 0.3) is 96.6 Å². The van der Waals surface area contributed by atoms with E-state index in [4.69, 9.17) is 0 Å². The topological polar surface area (TPSA) is 0 Å². The van der Waals surface area contributed by atoms with E-state index >= 15 is 0 Å². The SMILES string of the molecule is c1ccc(-c2ccc(-c3c4ccccc4c(-c4cc5c6ccccc6sc5c5ccccc45)c4ccccc34)c3ccccc23)cc1. The van der Waals surface area contributed by atoms with Gasteiger partial charge in [-0.25, -0.2) is 0 Å². The predicted molar refractivity (Wildman–Crippen MR) is 206 cm³/mol. The standard InChI is InChI=1S/C46H28S/c1-2-14-29(15-3-1)30-26-27-39(32-17-5-4-16-31(30)32)44-35-20-7-9-22-37(35)45(38-23-10-8-21-36(38)44)41-28-42-34-19-12-13-25-43(34)47-46(42)40-24-11-6-18-33(40)41/h1-28H. The molecule has 10 rings (SSSR count). The molecule has 0 spiro atoms. The van der Waals surface area contributed by atoms with Gasteiger partial charge in [-0.2, -0.15) is 0 Å². The molecule has 1 aromatic heterocycles. The lowest BCUT2D eigenvalue weighted by molar-refractivity contribution is 1.64. The fraction of sp³-hybridized carbons (Fsp3) is 0. The van der Waals surface area contributed by atoms with Crippen molar-refractivity contribution in [3.8, 4) is 33.4 Å². The molecule has 47 heavy (non-hydrogen) atoms. The molecule has 0 nitrogen and oxygen atoms in total. The Bertz CT molecular complexity index is 2780. The van der Waals surface area contributed by atoms with E-state index in [2.05, 4.69) is 170 Å². The summed E-state index contributed by atoms with van der Waals surface area (Å²) in [5, 5.41) is 12.9. The Morgan fingerprint density at radius 2 is 0.702 bits per heavy atom. The van der Waals surface area contributed by atoms with Gasteiger partial charge in [-0.3, -0.25) is 0 Å². The molecule has 0 unspecified atom stereocenters. The Morgan fingerprint density at radius 1 is 0.277 bits per heavy atom. The first-order valence-electron chi connectivity index (χ1n) is 16.2. The van der Waals surface area contributed by atoms with Crippen molar-refractivity contribution in [3.05, 3.63) is 170 Å². The van der Waals surface area contributed by atoms with Gasteiger partial charge in [0.15, 0.2) is 0 Å². The van der Waals surface area contributed by atoms with Crippen LogP contribution in [0.3, 0.4) is 0 Å². The summed E-state index contributed by atoms with van der Waals surface area (Å²) in [6, 6.07) is 62.6. The highest BCUT2D eigenvalue weighted by atomic mass is 32.1. The van der Waals surface area contributed by atoms with Crippen LogP contribution in [0.5, 0.6) is 0 Å². The molecule has 0 N–H and O–H groups in total. The van der Waals surface area contributed by atoms with Crippen LogP contribution in [0.15, 0.2) is 170 Å². The minimum Gasteiger partial charge on any atom is -0.135 e. The maximum absolute atomic E-state index is 2.47. The average Bonchev–Trinajstić information content (AvgIpc) is 3.52. The number of fused-ring (bicyclic) bond motifs is 8. The van der Waals surface area contributed by atoms with E-state index in [1.165, 1.54) is 96.6 Å². The summed E-state index contributed by atoms with van der Waals surface area (Å²) in [6.45, 7) is 0. The third-order valence-corrected chi connectivity index (χ3v) is 11.1. The lowest BCUT2D eigenvalue weighted by Crippen LogP contribution is -1.93. The average molecular weight is 613 g/mol. The largest absolute Gasteiger partial charge is 0.135 e. The number of benzene rings is 9. The van der Waals surface area contributed by atoms with Crippen molar-refractivity contribution in [3.63, 3.8) is 0 Å². The molecular weight excluding hydrogens is 585 g/mol. The molecule has 0 fully saturated rings. The zero-order valence-corrected chi connectivity index (χ0v) is 26.4. The first-order chi connectivity index (χ1) is 23.3. The highest BCUT2D eigenvalue weighted by Crippen LogP contribution is 2.49. The van der Waals surface area contributed by atoms with Crippen molar-refractivity contribution < 1.29 is 0 Å². The quantitative estimate of drug-likeness (QED) is 0.174. The second-order valence-electron chi connectivity index (χ2n) is 12.4. The molecule has 0 saturated carbocycles. The van der Waals surface area contributed by atoms with E-state index in [1.807, 2.05) is 11.3 Å². The van der Waals surface area contributed by atoms with Gasteiger partial charge in [0.1, 0.15) is 0 Å². The maximum atomic E-state index is 2.47. The Kier molecular flexibility index (Phi) is 5.85. The van der Waals surface area contributed by atoms with Gasteiger partial charge in [0.05, 0.1) is 0 Å². The third kappa shape index (κ3) is 3.94. The smallest absolute Gasteiger partial charge is 0.0434 e. The summed E-state index contributed by atoms with van der Waals surface area (Å²) in [6.07, 6.45) is 0. The monoisotopic (exact) mass is 612 g/mol. The highest BCUT2D eigenvalue weighted by Gasteiger charge is 2.21. The highest BCUT2D eigenvalue weighted by molar-refractivity contribution is 7.26. The van der Waals surface area contributed by atoms with Crippen LogP contribution in [0.1, 0.15) is 0 Å². The summed E-state index contributed by atoms with van der Waals surface area (Å²) < 4.78 is 2.70. The zero-order chi connectivity index (χ0) is 30.9.